The summed E-state index contributed by atoms with van der Waals surface area (Å²) in [7, 11) is 1.19. The second-order valence-electron chi connectivity index (χ2n) is 11.4. The van der Waals surface area contributed by atoms with E-state index in [0.717, 1.165) is 0 Å². The average Bonchev–Trinajstić information content (AvgIpc) is 3.01. The summed E-state index contributed by atoms with van der Waals surface area (Å²) in [5.41, 5.74) is 0.727. The highest BCUT2D eigenvalue weighted by atomic mass is 19.1. The van der Waals surface area contributed by atoms with Crippen LogP contribution in [-0.2, 0) is 36.8 Å². The Hall–Kier alpha value is -4.81. The smallest absolute Gasteiger partial charge is 0.328 e. The second kappa shape index (κ2) is 17.6. The maximum Gasteiger partial charge on any atom is 0.328 e. The molecule has 0 radical (unpaired) electrons. The SMILES string of the molecule is COC(=O)C(NC(=O)NC(Cc1ccccc1F)C(=O)N[C@H]1CCCCNC(=O)C=C[C@H](Cc2cccc(F)c2)NC1=O)C(C)C. The van der Waals surface area contributed by atoms with Crippen molar-refractivity contribution in [3.63, 3.8) is 0 Å². The van der Waals surface area contributed by atoms with Crippen LogP contribution < -0.4 is 26.6 Å². The number of esters is 1. The Morgan fingerprint density at radius 2 is 1.78 bits per heavy atom. The molecule has 5 amide bonds. The first-order valence-corrected chi connectivity index (χ1v) is 15.2. The van der Waals surface area contributed by atoms with Crippen molar-refractivity contribution >= 4 is 29.7 Å². The molecule has 3 rings (SSSR count). The van der Waals surface area contributed by atoms with Crippen LogP contribution in [-0.4, -0.2) is 67.5 Å². The molecule has 248 valence electrons. The number of urea groups is 1. The average molecular weight is 642 g/mol. The molecule has 46 heavy (non-hydrogen) atoms. The van der Waals surface area contributed by atoms with Crippen molar-refractivity contribution in [1.82, 2.24) is 26.6 Å². The minimum atomic E-state index is -1.33. The van der Waals surface area contributed by atoms with E-state index >= 15 is 0 Å². The van der Waals surface area contributed by atoms with E-state index < -0.39 is 59.6 Å². The predicted octanol–water partition coefficient (Wildman–Crippen LogP) is 2.44. The third-order valence-electron chi connectivity index (χ3n) is 7.42. The molecule has 0 fully saturated rings. The molecule has 1 heterocycles. The quantitative estimate of drug-likeness (QED) is 0.251. The molecule has 0 aliphatic carbocycles. The fraction of sp³-hybridized carbons (Fsp3) is 0.424. The van der Waals surface area contributed by atoms with Gasteiger partial charge >= 0.3 is 12.0 Å². The number of carbonyl (C=O) groups excluding carboxylic acids is 5. The van der Waals surface area contributed by atoms with Gasteiger partial charge < -0.3 is 31.3 Å². The number of amides is 5. The van der Waals surface area contributed by atoms with Crippen molar-refractivity contribution in [3.05, 3.63) is 83.4 Å². The van der Waals surface area contributed by atoms with Crippen molar-refractivity contribution in [2.45, 2.75) is 70.1 Å². The third-order valence-corrected chi connectivity index (χ3v) is 7.42. The van der Waals surface area contributed by atoms with E-state index in [2.05, 4.69) is 26.6 Å². The third kappa shape index (κ3) is 11.3. The zero-order valence-electron chi connectivity index (χ0n) is 26.1. The van der Waals surface area contributed by atoms with Gasteiger partial charge in [-0.2, -0.15) is 0 Å². The summed E-state index contributed by atoms with van der Waals surface area (Å²) >= 11 is 0. The molecule has 5 N–H and O–H groups in total. The first-order chi connectivity index (χ1) is 22.0. The van der Waals surface area contributed by atoms with Crippen LogP contribution in [0.5, 0.6) is 0 Å². The lowest BCUT2D eigenvalue weighted by Crippen LogP contribution is -2.58. The van der Waals surface area contributed by atoms with E-state index in [9.17, 15) is 32.8 Å². The predicted molar refractivity (Wildman–Crippen MR) is 166 cm³/mol. The summed E-state index contributed by atoms with van der Waals surface area (Å²) < 4.78 is 33.2. The standard InChI is InChI=1S/C33H41F2N5O6/c1-20(2)29(32(44)46-3)40-33(45)39-27(19-22-10-4-5-12-25(22)35)31(43)38-26-13-6-7-16-36-28(41)15-14-24(37-30(26)42)18-21-9-8-11-23(34)17-21/h4-5,8-12,14-15,17,20,24,26-27,29H,6-7,13,16,18-19H2,1-3H3,(H,36,41)(H,37,42)(H,38,43)(H2,39,40,45)/t24-,26+,27?,29?/m1/s1. The van der Waals surface area contributed by atoms with Gasteiger partial charge in [-0.1, -0.05) is 50.3 Å². The molecular weight excluding hydrogens is 600 g/mol. The van der Waals surface area contributed by atoms with Crippen LogP contribution >= 0.6 is 0 Å². The number of rotatable bonds is 10. The van der Waals surface area contributed by atoms with Crippen molar-refractivity contribution in [2.24, 2.45) is 5.92 Å². The van der Waals surface area contributed by atoms with E-state index in [1.165, 1.54) is 55.7 Å². The van der Waals surface area contributed by atoms with E-state index in [1.807, 2.05) is 0 Å². The fourth-order valence-corrected chi connectivity index (χ4v) is 4.92. The Morgan fingerprint density at radius 3 is 2.48 bits per heavy atom. The molecule has 13 heteroatoms. The first-order valence-electron chi connectivity index (χ1n) is 15.2. The summed E-state index contributed by atoms with van der Waals surface area (Å²) in [6.07, 6.45) is 3.89. The van der Waals surface area contributed by atoms with Gasteiger partial charge in [-0.25, -0.2) is 18.4 Å². The number of methoxy groups -OCH3 is 1. The minimum Gasteiger partial charge on any atom is -0.467 e. The Labute approximate surface area is 266 Å². The highest BCUT2D eigenvalue weighted by molar-refractivity contribution is 5.93. The molecule has 0 saturated carbocycles. The van der Waals surface area contributed by atoms with Gasteiger partial charge in [-0.05, 0) is 60.9 Å². The van der Waals surface area contributed by atoms with E-state index in [-0.39, 0.29) is 36.7 Å². The molecule has 1 aliphatic rings. The van der Waals surface area contributed by atoms with Crippen molar-refractivity contribution in [1.29, 1.82) is 0 Å². The lowest BCUT2D eigenvalue weighted by atomic mass is 10.0. The van der Waals surface area contributed by atoms with Crippen LogP contribution in [0, 0.1) is 17.6 Å². The van der Waals surface area contributed by atoms with Gasteiger partial charge in [0.1, 0.15) is 29.8 Å². The Bertz CT molecular complexity index is 1420. The minimum absolute atomic E-state index is 0.149. The maximum atomic E-state index is 14.6. The van der Waals surface area contributed by atoms with E-state index in [0.29, 0.717) is 24.9 Å². The van der Waals surface area contributed by atoms with Gasteiger partial charge in [-0.15, -0.1) is 0 Å². The normalized spacial score (nSPS) is 18.6. The first kappa shape index (κ1) is 35.7. The monoisotopic (exact) mass is 641 g/mol. The zero-order valence-corrected chi connectivity index (χ0v) is 26.1. The molecule has 0 spiro atoms. The number of halogens is 2. The van der Waals surface area contributed by atoms with Crippen molar-refractivity contribution in [3.8, 4) is 0 Å². The Balaban J connectivity index is 1.83. The fourth-order valence-electron chi connectivity index (χ4n) is 4.92. The summed E-state index contributed by atoms with van der Waals surface area (Å²) in [5, 5.41) is 13.3. The number of ether oxygens (including phenoxy) is 1. The number of hydrogen-bond donors (Lipinski definition) is 5. The van der Waals surface area contributed by atoms with Crippen LogP contribution in [0.25, 0.3) is 0 Å². The van der Waals surface area contributed by atoms with Gasteiger partial charge in [0.15, 0.2) is 0 Å². The molecule has 11 nitrogen and oxygen atoms in total. The van der Waals surface area contributed by atoms with Crippen molar-refractivity contribution < 1.29 is 37.5 Å². The molecule has 2 aromatic carbocycles. The van der Waals surface area contributed by atoms with E-state index in [4.69, 9.17) is 4.74 Å². The maximum absolute atomic E-state index is 14.6. The zero-order chi connectivity index (χ0) is 33.6. The summed E-state index contributed by atoms with van der Waals surface area (Å²) in [5.74, 6) is -3.70. The number of benzene rings is 2. The number of nitrogens with one attached hydrogen (secondary N) is 5. The van der Waals surface area contributed by atoms with E-state index in [1.54, 1.807) is 26.0 Å². The lowest BCUT2D eigenvalue weighted by molar-refractivity contribution is -0.144. The van der Waals surface area contributed by atoms with Crippen LogP contribution in [0.1, 0.15) is 44.2 Å². The highest BCUT2D eigenvalue weighted by Crippen LogP contribution is 2.13. The lowest BCUT2D eigenvalue weighted by Gasteiger charge is -2.26. The molecule has 0 bridgehead atoms. The van der Waals surface area contributed by atoms with Gasteiger partial charge in [0.2, 0.25) is 17.7 Å². The molecule has 1 aliphatic heterocycles. The summed E-state index contributed by atoms with van der Waals surface area (Å²) in [6, 6.07) is 6.63. The number of hydrogen-bond acceptors (Lipinski definition) is 6. The molecular formula is C33H41F2N5O6. The summed E-state index contributed by atoms with van der Waals surface area (Å²) in [4.78, 5) is 64.6. The molecule has 2 aromatic rings. The highest BCUT2D eigenvalue weighted by Gasteiger charge is 2.31. The van der Waals surface area contributed by atoms with Crippen LogP contribution in [0.2, 0.25) is 0 Å². The molecule has 0 aromatic heterocycles. The topological polar surface area (TPSA) is 155 Å². The Kier molecular flexibility index (Phi) is 13.7. The number of carbonyl (C=O) groups is 5. The van der Waals surface area contributed by atoms with Gasteiger partial charge in [0, 0.05) is 19.0 Å². The second-order valence-corrected chi connectivity index (χ2v) is 11.4. The largest absolute Gasteiger partial charge is 0.467 e. The van der Waals surface area contributed by atoms with Crippen LogP contribution in [0.3, 0.4) is 0 Å². The van der Waals surface area contributed by atoms with Gasteiger partial charge in [0.05, 0.1) is 13.2 Å². The van der Waals surface area contributed by atoms with Crippen LogP contribution in [0.15, 0.2) is 60.7 Å². The molecule has 0 saturated heterocycles. The van der Waals surface area contributed by atoms with Gasteiger partial charge in [0.25, 0.3) is 0 Å². The Morgan fingerprint density at radius 1 is 1.02 bits per heavy atom. The van der Waals surface area contributed by atoms with Crippen molar-refractivity contribution in [2.75, 3.05) is 13.7 Å². The molecule has 4 atom stereocenters. The van der Waals surface area contributed by atoms with Gasteiger partial charge in [-0.3, -0.25) is 14.4 Å². The van der Waals surface area contributed by atoms with Crippen LogP contribution in [0.4, 0.5) is 13.6 Å². The molecule has 2 unspecified atom stereocenters. The summed E-state index contributed by atoms with van der Waals surface area (Å²) in [6.45, 7) is 3.75.